The van der Waals surface area contributed by atoms with Crippen molar-refractivity contribution in [3.8, 4) is 0 Å². The highest BCUT2D eigenvalue weighted by Gasteiger charge is 2.37. The normalized spacial score (nSPS) is 22.6. The van der Waals surface area contributed by atoms with E-state index in [2.05, 4.69) is 34.5 Å². The Morgan fingerprint density at radius 2 is 2.11 bits per heavy atom. The van der Waals surface area contributed by atoms with Gasteiger partial charge >= 0.3 is 0 Å². The van der Waals surface area contributed by atoms with E-state index in [1.165, 1.54) is 12.1 Å². The van der Waals surface area contributed by atoms with E-state index in [1.54, 1.807) is 6.07 Å². The zero-order chi connectivity index (χ0) is 14.3. The number of hydrogen-bond donors (Lipinski definition) is 1. The molecule has 1 saturated carbocycles. The number of hydrogen-bond acceptors (Lipinski definition) is 2. The Morgan fingerprint density at radius 3 is 2.63 bits per heavy atom. The minimum Gasteiger partial charge on any atom is -0.208 e. The highest BCUT2D eigenvalue weighted by atomic mass is 79.9. The van der Waals surface area contributed by atoms with Crippen LogP contribution in [0, 0.1) is 5.41 Å². The smallest absolute Gasteiger partial charge is 0.208 e. The van der Waals surface area contributed by atoms with E-state index in [4.69, 9.17) is 11.6 Å². The van der Waals surface area contributed by atoms with Gasteiger partial charge in [0.05, 0.1) is 9.92 Å². The van der Waals surface area contributed by atoms with E-state index in [-0.39, 0.29) is 16.4 Å². The predicted molar refractivity (Wildman–Crippen MR) is 80.9 cm³/mol. The van der Waals surface area contributed by atoms with Crippen LogP contribution in [0.5, 0.6) is 0 Å². The van der Waals surface area contributed by atoms with Crippen LogP contribution >= 0.6 is 27.5 Å². The number of sulfonamides is 1. The first-order valence-corrected chi connectivity index (χ1v) is 8.85. The molecule has 0 aromatic heterocycles. The lowest BCUT2D eigenvalue weighted by atomic mass is 9.88. The van der Waals surface area contributed by atoms with Gasteiger partial charge in [0.25, 0.3) is 0 Å². The fourth-order valence-electron chi connectivity index (χ4n) is 2.44. The molecule has 1 N–H and O–H groups in total. The van der Waals surface area contributed by atoms with Crippen LogP contribution < -0.4 is 4.72 Å². The van der Waals surface area contributed by atoms with Crippen LogP contribution in [0.4, 0.5) is 0 Å². The monoisotopic (exact) mass is 365 g/mol. The highest BCUT2D eigenvalue weighted by molar-refractivity contribution is 9.10. The van der Waals surface area contributed by atoms with Crippen molar-refractivity contribution >= 4 is 37.6 Å². The summed E-state index contributed by atoms with van der Waals surface area (Å²) in [5.74, 6) is 0. The van der Waals surface area contributed by atoms with Gasteiger partial charge in [-0.25, -0.2) is 13.1 Å². The molecule has 1 unspecified atom stereocenters. The minimum atomic E-state index is -3.49. The van der Waals surface area contributed by atoms with Crippen LogP contribution in [0.1, 0.15) is 33.1 Å². The average molecular weight is 367 g/mol. The SMILES string of the molecule is CC1(C)CCCC1NS(=O)(=O)c1ccc(Cl)c(Br)c1. The fraction of sp³-hybridized carbons (Fsp3) is 0.538. The topological polar surface area (TPSA) is 46.2 Å². The third kappa shape index (κ3) is 3.32. The van der Waals surface area contributed by atoms with Crippen molar-refractivity contribution in [1.29, 1.82) is 0 Å². The van der Waals surface area contributed by atoms with Gasteiger partial charge < -0.3 is 0 Å². The molecule has 2 rings (SSSR count). The predicted octanol–water partition coefficient (Wildman–Crippen LogP) is 3.96. The Hall–Kier alpha value is -0.100. The maximum absolute atomic E-state index is 12.4. The molecule has 1 atom stereocenters. The van der Waals surface area contributed by atoms with Crippen LogP contribution in [-0.2, 0) is 10.0 Å². The standard InChI is InChI=1S/C13H17BrClNO2S/c1-13(2)7-3-4-12(13)16-19(17,18)9-5-6-11(15)10(14)8-9/h5-6,8,12,16H,3-4,7H2,1-2H3. The van der Waals surface area contributed by atoms with Crippen LogP contribution in [0.2, 0.25) is 5.02 Å². The molecule has 1 aromatic rings. The van der Waals surface area contributed by atoms with Gasteiger partial charge in [0.15, 0.2) is 0 Å². The van der Waals surface area contributed by atoms with Crippen LogP contribution in [0.25, 0.3) is 0 Å². The lowest BCUT2D eigenvalue weighted by Gasteiger charge is -2.27. The molecule has 0 saturated heterocycles. The van der Waals surface area contributed by atoms with E-state index >= 15 is 0 Å². The highest BCUT2D eigenvalue weighted by Crippen LogP contribution is 2.38. The molecule has 0 amide bonds. The number of rotatable bonds is 3. The summed E-state index contributed by atoms with van der Waals surface area (Å²) in [5, 5.41) is 0.500. The summed E-state index contributed by atoms with van der Waals surface area (Å²) in [4.78, 5) is 0.242. The molecule has 106 valence electrons. The number of benzene rings is 1. The van der Waals surface area contributed by atoms with Gasteiger partial charge in [-0.05, 0) is 52.4 Å². The molecule has 0 radical (unpaired) electrons. The van der Waals surface area contributed by atoms with Crippen LogP contribution in [0.15, 0.2) is 27.6 Å². The Morgan fingerprint density at radius 1 is 1.42 bits per heavy atom. The number of halogens is 2. The van der Waals surface area contributed by atoms with Crippen molar-refractivity contribution in [2.24, 2.45) is 5.41 Å². The zero-order valence-corrected chi connectivity index (χ0v) is 14.1. The van der Waals surface area contributed by atoms with Crippen molar-refractivity contribution in [2.75, 3.05) is 0 Å². The van der Waals surface area contributed by atoms with Crippen molar-refractivity contribution in [2.45, 2.75) is 44.0 Å². The molecule has 1 fully saturated rings. The van der Waals surface area contributed by atoms with Gasteiger partial charge in [0.2, 0.25) is 10.0 Å². The summed E-state index contributed by atoms with van der Waals surface area (Å²) in [5.41, 5.74) is 0.0106. The summed E-state index contributed by atoms with van der Waals surface area (Å²) in [6.45, 7) is 4.20. The fourth-order valence-corrected chi connectivity index (χ4v) is 4.56. The Labute approximate surface area is 127 Å². The molecule has 1 aliphatic carbocycles. The quantitative estimate of drug-likeness (QED) is 0.880. The Kier molecular flexibility index (Phi) is 4.31. The van der Waals surface area contributed by atoms with Crippen molar-refractivity contribution < 1.29 is 8.42 Å². The first-order valence-electron chi connectivity index (χ1n) is 6.20. The maximum Gasteiger partial charge on any atom is 0.240 e. The molecular formula is C13H17BrClNO2S. The molecule has 19 heavy (non-hydrogen) atoms. The molecule has 3 nitrogen and oxygen atoms in total. The first kappa shape index (κ1) is 15.3. The molecule has 6 heteroatoms. The van der Waals surface area contributed by atoms with Gasteiger partial charge in [-0.15, -0.1) is 0 Å². The Bertz CT molecular complexity index is 586. The average Bonchev–Trinajstić information content (AvgIpc) is 2.61. The van der Waals surface area contributed by atoms with Gasteiger partial charge in [-0.2, -0.15) is 0 Å². The largest absolute Gasteiger partial charge is 0.240 e. The summed E-state index contributed by atoms with van der Waals surface area (Å²) in [6.07, 6.45) is 3.00. The third-order valence-electron chi connectivity index (χ3n) is 3.76. The van der Waals surface area contributed by atoms with Gasteiger partial charge in [-0.3, -0.25) is 0 Å². The van der Waals surface area contributed by atoms with Gasteiger partial charge in [-0.1, -0.05) is 31.9 Å². The molecule has 1 aliphatic rings. The maximum atomic E-state index is 12.4. The summed E-state index contributed by atoms with van der Waals surface area (Å²) < 4.78 is 28.1. The summed E-state index contributed by atoms with van der Waals surface area (Å²) in [6, 6.07) is 4.64. The molecule has 0 heterocycles. The Balaban J connectivity index is 2.25. The van der Waals surface area contributed by atoms with Gasteiger partial charge in [0.1, 0.15) is 0 Å². The summed E-state index contributed by atoms with van der Waals surface area (Å²) >= 11 is 9.13. The third-order valence-corrected chi connectivity index (χ3v) is 6.44. The van der Waals surface area contributed by atoms with E-state index in [0.717, 1.165) is 19.3 Å². The molecule has 0 bridgehead atoms. The minimum absolute atomic E-state index is 0.00745. The second-order valence-electron chi connectivity index (χ2n) is 5.63. The van der Waals surface area contributed by atoms with Crippen LogP contribution in [-0.4, -0.2) is 14.5 Å². The molecular weight excluding hydrogens is 350 g/mol. The lowest BCUT2D eigenvalue weighted by molar-refractivity contribution is 0.313. The van der Waals surface area contributed by atoms with E-state index in [9.17, 15) is 8.42 Å². The van der Waals surface area contributed by atoms with Gasteiger partial charge in [0, 0.05) is 10.5 Å². The summed E-state index contributed by atoms with van der Waals surface area (Å²) in [7, 11) is -3.49. The van der Waals surface area contributed by atoms with Crippen molar-refractivity contribution in [3.05, 3.63) is 27.7 Å². The van der Waals surface area contributed by atoms with Crippen molar-refractivity contribution in [1.82, 2.24) is 4.72 Å². The first-order chi connectivity index (χ1) is 8.72. The molecule has 0 aliphatic heterocycles. The zero-order valence-electron chi connectivity index (χ0n) is 10.9. The van der Waals surface area contributed by atoms with Crippen LogP contribution in [0.3, 0.4) is 0 Å². The second-order valence-corrected chi connectivity index (χ2v) is 8.61. The lowest BCUT2D eigenvalue weighted by Crippen LogP contribution is -2.41. The van der Waals surface area contributed by atoms with Crippen molar-refractivity contribution in [3.63, 3.8) is 0 Å². The second kappa shape index (κ2) is 5.35. The molecule has 0 spiro atoms. The van der Waals surface area contributed by atoms with E-state index in [0.29, 0.717) is 9.50 Å². The van der Waals surface area contributed by atoms with E-state index < -0.39 is 10.0 Å². The van der Waals surface area contributed by atoms with E-state index in [1.807, 2.05) is 0 Å². The number of nitrogens with one attached hydrogen (secondary N) is 1. The molecule has 1 aromatic carbocycles.